The maximum Gasteiger partial charge on any atom is 0.332 e. The van der Waals surface area contributed by atoms with Crippen molar-refractivity contribution in [3.63, 3.8) is 0 Å². The number of fused-ring (bicyclic) bond motifs is 11. The first-order valence-electron chi connectivity index (χ1n) is 17.2. The zero-order chi connectivity index (χ0) is 32.4. The third-order valence-corrected chi connectivity index (χ3v) is 11.3. The van der Waals surface area contributed by atoms with Crippen molar-refractivity contribution >= 4 is 78.4 Å². The van der Waals surface area contributed by atoms with Crippen LogP contribution in [0.3, 0.4) is 0 Å². The van der Waals surface area contributed by atoms with Gasteiger partial charge in [0.15, 0.2) is 0 Å². The molecule has 0 saturated heterocycles. The second-order valence-corrected chi connectivity index (χ2v) is 14.1. The number of benzene rings is 7. The van der Waals surface area contributed by atoms with Crippen molar-refractivity contribution in [2.75, 3.05) is 4.90 Å². The Balaban J connectivity index is 1.33. The van der Waals surface area contributed by atoms with E-state index in [4.69, 9.17) is 0 Å². The van der Waals surface area contributed by atoms with E-state index >= 15 is 0 Å². The van der Waals surface area contributed by atoms with Gasteiger partial charge in [-0.1, -0.05) is 129 Å². The van der Waals surface area contributed by atoms with E-state index in [0.717, 1.165) is 0 Å². The molecule has 2 aliphatic heterocycles. The molecule has 4 heterocycles. The van der Waals surface area contributed by atoms with Crippen molar-refractivity contribution in [3.8, 4) is 5.69 Å². The molecule has 2 aromatic heterocycles. The van der Waals surface area contributed by atoms with Crippen LogP contribution in [-0.4, -0.2) is 15.9 Å². The zero-order valence-electron chi connectivity index (χ0n) is 27.4. The quantitative estimate of drug-likeness (QED) is 0.174. The van der Waals surface area contributed by atoms with E-state index < -0.39 is 0 Å². The highest BCUT2D eigenvalue weighted by Gasteiger charge is 2.45. The van der Waals surface area contributed by atoms with Crippen LogP contribution in [0.2, 0.25) is 0 Å². The molecule has 4 heteroatoms. The van der Waals surface area contributed by atoms with E-state index in [1.54, 1.807) is 0 Å². The lowest BCUT2D eigenvalue weighted by atomic mass is 9.46. The molecule has 0 bridgehead atoms. The van der Waals surface area contributed by atoms with Crippen molar-refractivity contribution in [1.29, 1.82) is 0 Å². The second kappa shape index (κ2) is 9.55. The summed E-state index contributed by atoms with van der Waals surface area (Å²) >= 11 is 0. The highest BCUT2D eigenvalue weighted by Crippen LogP contribution is 2.52. The molecule has 0 amide bonds. The molecule has 0 atom stereocenters. The normalized spacial score (nSPS) is 14.4. The Morgan fingerprint density at radius 2 is 1.12 bits per heavy atom. The van der Waals surface area contributed by atoms with Crippen LogP contribution in [0.25, 0.3) is 49.3 Å². The van der Waals surface area contributed by atoms with Crippen LogP contribution in [0.5, 0.6) is 0 Å². The van der Waals surface area contributed by atoms with Crippen molar-refractivity contribution < 1.29 is 0 Å². The van der Waals surface area contributed by atoms with Crippen LogP contribution in [0.1, 0.15) is 25.0 Å². The predicted octanol–water partition coefficient (Wildman–Crippen LogP) is 9.97. The number of nitrogens with zero attached hydrogens (tertiary/aromatic N) is 3. The standard InChI is InChI=1S/C45H32BN3/c1-45(2)33-19-8-12-25-39(33)48-40-26-13-9-21-35(40)46(36-22-14-20-34(45)44(36)48)49-38-24-11-6-17-30(38)31-27-28-41-42(43(31)49)32-18-7-10-23-37(32)47(41)29-15-4-3-5-16-29/h3-28H,1-2H3. The lowest BCUT2D eigenvalue weighted by Crippen LogP contribution is -2.56. The molecule has 230 valence electrons. The van der Waals surface area contributed by atoms with Crippen LogP contribution in [0.15, 0.2) is 158 Å². The number of hydrogen-bond donors (Lipinski definition) is 0. The summed E-state index contributed by atoms with van der Waals surface area (Å²) in [5, 5.41) is 5.14. The van der Waals surface area contributed by atoms with E-state index in [2.05, 4.69) is 186 Å². The van der Waals surface area contributed by atoms with Crippen LogP contribution >= 0.6 is 0 Å². The molecule has 2 aliphatic rings. The smallest absolute Gasteiger partial charge is 0.332 e. The minimum atomic E-state index is -0.146. The Hall–Kier alpha value is -6.00. The Kier molecular flexibility index (Phi) is 5.26. The number of aromatic nitrogens is 2. The highest BCUT2D eigenvalue weighted by atomic mass is 15.2. The van der Waals surface area contributed by atoms with Crippen molar-refractivity contribution in [2.24, 2.45) is 0 Å². The van der Waals surface area contributed by atoms with E-state index in [0.29, 0.717) is 0 Å². The van der Waals surface area contributed by atoms with Gasteiger partial charge in [0, 0.05) is 55.1 Å². The van der Waals surface area contributed by atoms with Gasteiger partial charge in [0.05, 0.1) is 16.7 Å². The van der Waals surface area contributed by atoms with E-state index in [1.807, 2.05) is 0 Å². The number of hydrogen-bond acceptors (Lipinski definition) is 1. The second-order valence-electron chi connectivity index (χ2n) is 14.1. The van der Waals surface area contributed by atoms with Crippen molar-refractivity contribution in [3.05, 3.63) is 169 Å². The predicted molar refractivity (Wildman–Crippen MR) is 207 cm³/mol. The third-order valence-electron chi connectivity index (χ3n) is 11.3. The van der Waals surface area contributed by atoms with Gasteiger partial charge >= 0.3 is 6.85 Å². The molecule has 49 heavy (non-hydrogen) atoms. The summed E-state index contributed by atoms with van der Waals surface area (Å²) < 4.78 is 5.11. The van der Waals surface area contributed by atoms with Gasteiger partial charge in [0.25, 0.3) is 0 Å². The lowest BCUT2D eigenvalue weighted by molar-refractivity contribution is 0.632. The van der Waals surface area contributed by atoms with Gasteiger partial charge in [-0.25, -0.2) is 0 Å². The van der Waals surface area contributed by atoms with E-state index in [9.17, 15) is 0 Å². The summed E-state index contributed by atoms with van der Waals surface area (Å²) in [6.07, 6.45) is 0. The molecule has 0 aliphatic carbocycles. The van der Waals surface area contributed by atoms with Gasteiger partial charge < -0.3 is 13.9 Å². The summed E-state index contributed by atoms with van der Waals surface area (Å²) in [4.78, 5) is 2.54. The van der Waals surface area contributed by atoms with E-state index in [1.165, 1.54) is 88.4 Å². The summed E-state index contributed by atoms with van der Waals surface area (Å²) in [5.41, 5.74) is 15.2. The van der Waals surface area contributed by atoms with Gasteiger partial charge in [-0.05, 0) is 64.5 Å². The molecule has 0 saturated carbocycles. The zero-order valence-corrected chi connectivity index (χ0v) is 27.4. The Morgan fingerprint density at radius 3 is 1.98 bits per heavy atom. The minimum Gasteiger partial charge on any atom is -0.375 e. The molecule has 11 rings (SSSR count). The molecule has 7 aromatic carbocycles. The first-order chi connectivity index (χ1) is 24.1. The van der Waals surface area contributed by atoms with Gasteiger partial charge in [-0.15, -0.1) is 0 Å². The van der Waals surface area contributed by atoms with Crippen LogP contribution in [-0.2, 0) is 5.41 Å². The van der Waals surface area contributed by atoms with Gasteiger partial charge in [-0.2, -0.15) is 0 Å². The molecule has 0 fully saturated rings. The molecule has 9 aromatic rings. The van der Waals surface area contributed by atoms with Crippen molar-refractivity contribution in [2.45, 2.75) is 19.3 Å². The van der Waals surface area contributed by atoms with Crippen LogP contribution < -0.4 is 15.8 Å². The summed E-state index contributed by atoms with van der Waals surface area (Å²) in [7, 11) is 0. The van der Waals surface area contributed by atoms with Crippen molar-refractivity contribution in [1.82, 2.24) is 9.05 Å². The fourth-order valence-electron chi connectivity index (χ4n) is 9.28. The summed E-state index contributed by atoms with van der Waals surface area (Å²) in [6.45, 7) is 4.74. The van der Waals surface area contributed by atoms with Crippen LogP contribution in [0.4, 0.5) is 17.1 Å². The Bertz CT molecular complexity index is 2820. The molecular weight excluding hydrogens is 593 g/mol. The molecule has 0 radical (unpaired) electrons. The Labute approximate surface area is 285 Å². The summed E-state index contributed by atoms with van der Waals surface area (Å²) in [6, 6.07) is 58.5. The average molecular weight is 626 g/mol. The fourth-order valence-corrected chi connectivity index (χ4v) is 9.28. The van der Waals surface area contributed by atoms with Gasteiger partial charge in [-0.3, -0.25) is 0 Å². The Morgan fingerprint density at radius 1 is 0.469 bits per heavy atom. The lowest BCUT2D eigenvalue weighted by Gasteiger charge is -2.47. The van der Waals surface area contributed by atoms with E-state index in [-0.39, 0.29) is 12.3 Å². The number of anilines is 3. The largest absolute Gasteiger partial charge is 0.375 e. The monoisotopic (exact) mass is 625 g/mol. The SMILES string of the molecule is CC1(C)c2ccccc2N2c3ccccc3B(n3c4ccccc4c4ccc5c(c6ccccc6n5-c5ccccc5)c43)c3cccc1c32. The maximum atomic E-state index is 2.67. The average Bonchev–Trinajstić information content (AvgIpc) is 3.66. The molecule has 0 unspecified atom stereocenters. The molecular formula is C45H32BN3. The first kappa shape index (κ1) is 27.0. The van der Waals surface area contributed by atoms with Crippen LogP contribution in [0, 0.1) is 0 Å². The molecule has 3 nitrogen and oxygen atoms in total. The minimum absolute atomic E-state index is 0.0321. The van der Waals surface area contributed by atoms with Gasteiger partial charge in [0.1, 0.15) is 0 Å². The number of rotatable bonds is 2. The third kappa shape index (κ3) is 3.38. The maximum absolute atomic E-state index is 2.67. The topological polar surface area (TPSA) is 13.1 Å². The fraction of sp³-hybridized carbons (Fsp3) is 0.0667. The highest BCUT2D eigenvalue weighted by molar-refractivity contribution is 6.88. The molecule has 0 N–H and O–H groups in total. The summed E-state index contributed by atoms with van der Waals surface area (Å²) in [5.74, 6) is 0. The molecule has 0 spiro atoms. The number of para-hydroxylation sites is 6. The first-order valence-corrected chi connectivity index (χ1v) is 17.2. The van der Waals surface area contributed by atoms with Gasteiger partial charge in [0.2, 0.25) is 0 Å².